The van der Waals surface area contributed by atoms with Crippen LogP contribution in [0.3, 0.4) is 0 Å². The average Bonchev–Trinajstić information content (AvgIpc) is 2.28. The summed E-state index contributed by atoms with van der Waals surface area (Å²) < 4.78 is 10.6. The van der Waals surface area contributed by atoms with Crippen molar-refractivity contribution < 1.29 is 9.47 Å². The Labute approximate surface area is 105 Å². The fourth-order valence-corrected chi connectivity index (χ4v) is 2.76. The van der Waals surface area contributed by atoms with Crippen molar-refractivity contribution in [3.8, 4) is 0 Å². The van der Waals surface area contributed by atoms with Crippen molar-refractivity contribution in [3.05, 3.63) is 0 Å². The van der Waals surface area contributed by atoms with Gasteiger partial charge in [0.1, 0.15) is 0 Å². The summed E-state index contributed by atoms with van der Waals surface area (Å²) in [7, 11) is 1.72. The van der Waals surface area contributed by atoms with E-state index in [1.165, 1.54) is 19.3 Å². The van der Waals surface area contributed by atoms with Gasteiger partial charge in [0.2, 0.25) is 0 Å². The molecule has 16 heavy (non-hydrogen) atoms. The fraction of sp³-hybridized carbons (Fsp3) is 1.00. The average molecular weight is 249 g/mol. The second-order valence-electron chi connectivity index (χ2n) is 4.94. The standard InChI is InChI=1S/C13H25ClO2/c1-11-4-5-13(14)12(10-11)6-9-16-8-3-7-15-2/h11-13H,3-10H2,1-2H3. The lowest BCUT2D eigenvalue weighted by Crippen LogP contribution is -2.25. The minimum atomic E-state index is 0.374. The molecule has 1 rings (SSSR count). The number of alkyl halides is 1. The molecule has 2 nitrogen and oxygen atoms in total. The van der Waals surface area contributed by atoms with E-state index in [1.807, 2.05) is 0 Å². The Bertz CT molecular complexity index is 175. The number of rotatable bonds is 7. The molecule has 0 saturated heterocycles. The molecular weight excluding hydrogens is 224 g/mol. The Morgan fingerprint density at radius 2 is 2.00 bits per heavy atom. The highest BCUT2D eigenvalue weighted by atomic mass is 35.5. The van der Waals surface area contributed by atoms with Gasteiger partial charge < -0.3 is 9.47 Å². The lowest BCUT2D eigenvalue weighted by molar-refractivity contribution is 0.0878. The summed E-state index contributed by atoms with van der Waals surface area (Å²) in [5.41, 5.74) is 0. The van der Waals surface area contributed by atoms with Crippen LogP contribution in [0.15, 0.2) is 0 Å². The highest BCUT2D eigenvalue weighted by Crippen LogP contribution is 2.34. The van der Waals surface area contributed by atoms with Gasteiger partial charge in [0.25, 0.3) is 0 Å². The molecule has 1 aliphatic carbocycles. The normalized spacial score (nSPS) is 30.6. The van der Waals surface area contributed by atoms with Gasteiger partial charge in [0.15, 0.2) is 0 Å². The first-order chi connectivity index (χ1) is 7.74. The Balaban J connectivity index is 2.02. The Hall–Kier alpha value is 0.210. The van der Waals surface area contributed by atoms with Gasteiger partial charge in [0, 0.05) is 32.3 Å². The third-order valence-corrected chi connectivity index (χ3v) is 4.00. The van der Waals surface area contributed by atoms with E-state index in [0.29, 0.717) is 11.3 Å². The zero-order valence-electron chi connectivity index (χ0n) is 10.6. The van der Waals surface area contributed by atoms with E-state index in [2.05, 4.69) is 6.92 Å². The SMILES string of the molecule is COCCCOCCC1CC(C)CCC1Cl. The number of methoxy groups -OCH3 is 1. The van der Waals surface area contributed by atoms with Crippen molar-refractivity contribution in [3.63, 3.8) is 0 Å². The van der Waals surface area contributed by atoms with E-state index in [4.69, 9.17) is 21.1 Å². The summed E-state index contributed by atoms with van der Waals surface area (Å²) in [6.45, 7) is 4.78. The zero-order chi connectivity index (χ0) is 11.8. The maximum absolute atomic E-state index is 6.33. The minimum absolute atomic E-state index is 0.374. The molecule has 0 aliphatic heterocycles. The molecule has 3 atom stereocenters. The maximum Gasteiger partial charge on any atom is 0.0487 e. The summed E-state index contributed by atoms with van der Waals surface area (Å²) in [5.74, 6) is 1.50. The van der Waals surface area contributed by atoms with E-state index in [0.717, 1.165) is 38.6 Å². The first-order valence-corrected chi connectivity index (χ1v) is 6.88. The highest BCUT2D eigenvalue weighted by molar-refractivity contribution is 6.20. The van der Waals surface area contributed by atoms with E-state index in [1.54, 1.807) is 7.11 Å². The first kappa shape index (κ1) is 14.3. The summed E-state index contributed by atoms with van der Waals surface area (Å²) in [6, 6.07) is 0. The Morgan fingerprint density at radius 1 is 1.19 bits per heavy atom. The van der Waals surface area contributed by atoms with Crippen LogP contribution in [0.1, 0.15) is 39.0 Å². The van der Waals surface area contributed by atoms with Gasteiger partial charge in [-0.3, -0.25) is 0 Å². The van der Waals surface area contributed by atoms with Crippen molar-refractivity contribution in [2.75, 3.05) is 26.9 Å². The molecule has 0 heterocycles. The topological polar surface area (TPSA) is 18.5 Å². The van der Waals surface area contributed by atoms with Crippen LogP contribution >= 0.6 is 11.6 Å². The molecule has 0 aromatic heterocycles. The van der Waals surface area contributed by atoms with Gasteiger partial charge in [0.05, 0.1) is 0 Å². The molecule has 1 aliphatic rings. The number of hydrogen-bond acceptors (Lipinski definition) is 2. The maximum atomic E-state index is 6.33. The smallest absolute Gasteiger partial charge is 0.0487 e. The predicted molar refractivity (Wildman–Crippen MR) is 68.1 cm³/mol. The number of ether oxygens (including phenoxy) is 2. The molecule has 0 amide bonds. The second-order valence-corrected chi connectivity index (χ2v) is 5.50. The molecular formula is C13H25ClO2. The number of hydrogen-bond donors (Lipinski definition) is 0. The van der Waals surface area contributed by atoms with Gasteiger partial charge >= 0.3 is 0 Å². The van der Waals surface area contributed by atoms with Gasteiger partial charge in [-0.1, -0.05) is 6.92 Å². The number of halogens is 1. The van der Waals surface area contributed by atoms with Gasteiger partial charge in [-0.2, -0.15) is 0 Å². The van der Waals surface area contributed by atoms with Crippen LogP contribution in [-0.4, -0.2) is 32.3 Å². The molecule has 96 valence electrons. The monoisotopic (exact) mass is 248 g/mol. The minimum Gasteiger partial charge on any atom is -0.385 e. The summed E-state index contributed by atoms with van der Waals surface area (Å²) in [5, 5.41) is 0.374. The van der Waals surface area contributed by atoms with Crippen molar-refractivity contribution in [1.29, 1.82) is 0 Å². The summed E-state index contributed by atoms with van der Waals surface area (Å²) in [6.07, 6.45) is 5.85. The summed E-state index contributed by atoms with van der Waals surface area (Å²) in [4.78, 5) is 0. The third-order valence-electron chi connectivity index (χ3n) is 3.42. The molecule has 1 saturated carbocycles. The Kier molecular flexibility index (Phi) is 7.42. The molecule has 0 aromatic rings. The largest absolute Gasteiger partial charge is 0.385 e. The van der Waals surface area contributed by atoms with Gasteiger partial charge in [-0.25, -0.2) is 0 Å². The fourth-order valence-electron chi connectivity index (χ4n) is 2.40. The molecule has 3 heteroatoms. The molecule has 3 unspecified atom stereocenters. The molecule has 1 fully saturated rings. The third kappa shape index (κ3) is 5.51. The lowest BCUT2D eigenvalue weighted by atomic mass is 9.80. The quantitative estimate of drug-likeness (QED) is 0.507. The van der Waals surface area contributed by atoms with Crippen LogP contribution in [0.5, 0.6) is 0 Å². The highest BCUT2D eigenvalue weighted by Gasteiger charge is 2.26. The van der Waals surface area contributed by atoms with Gasteiger partial charge in [-0.15, -0.1) is 11.6 Å². The predicted octanol–water partition coefficient (Wildman–Crippen LogP) is 3.47. The zero-order valence-corrected chi connectivity index (χ0v) is 11.3. The molecule has 0 aromatic carbocycles. The van der Waals surface area contributed by atoms with Gasteiger partial charge in [-0.05, 0) is 43.9 Å². The van der Waals surface area contributed by atoms with Crippen molar-refractivity contribution in [1.82, 2.24) is 0 Å². The first-order valence-electron chi connectivity index (χ1n) is 6.44. The van der Waals surface area contributed by atoms with E-state index in [9.17, 15) is 0 Å². The Morgan fingerprint density at radius 3 is 2.75 bits per heavy atom. The molecule has 0 bridgehead atoms. The van der Waals surface area contributed by atoms with Crippen LogP contribution in [-0.2, 0) is 9.47 Å². The van der Waals surface area contributed by atoms with Crippen molar-refractivity contribution >= 4 is 11.6 Å². The van der Waals surface area contributed by atoms with E-state index < -0.39 is 0 Å². The van der Waals surface area contributed by atoms with Crippen LogP contribution in [0, 0.1) is 11.8 Å². The van der Waals surface area contributed by atoms with Crippen molar-refractivity contribution in [2.45, 2.75) is 44.4 Å². The molecule has 0 spiro atoms. The molecule has 0 N–H and O–H groups in total. The van der Waals surface area contributed by atoms with E-state index >= 15 is 0 Å². The summed E-state index contributed by atoms with van der Waals surface area (Å²) >= 11 is 6.33. The van der Waals surface area contributed by atoms with Crippen LogP contribution in [0.2, 0.25) is 0 Å². The second kappa shape index (κ2) is 8.32. The van der Waals surface area contributed by atoms with Crippen LogP contribution in [0.4, 0.5) is 0 Å². The van der Waals surface area contributed by atoms with Crippen LogP contribution in [0.25, 0.3) is 0 Å². The molecule has 0 radical (unpaired) electrons. The van der Waals surface area contributed by atoms with Crippen molar-refractivity contribution in [2.24, 2.45) is 11.8 Å². The van der Waals surface area contributed by atoms with E-state index in [-0.39, 0.29) is 0 Å². The van der Waals surface area contributed by atoms with Crippen LogP contribution < -0.4 is 0 Å². The lowest BCUT2D eigenvalue weighted by Gasteiger charge is -2.31.